The quantitative estimate of drug-likeness (QED) is 0.587. The molecular weight excluding hydrogens is 122 g/mol. The molecule has 0 aliphatic rings. The minimum Gasteiger partial charge on any atom is -0.326 e. The van der Waals surface area contributed by atoms with E-state index >= 15 is 0 Å². The van der Waals surface area contributed by atoms with Gasteiger partial charge in [0.05, 0.1) is 0 Å². The Bertz CT molecular complexity index is 108. The molecule has 0 radical (unpaired) electrons. The lowest BCUT2D eigenvalue weighted by atomic mass is 10.2. The van der Waals surface area contributed by atoms with Crippen LogP contribution in [0.15, 0.2) is 17.4 Å². The van der Waals surface area contributed by atoms with Crippen LogP contribution in [-0.4, -0.2) is 6.54 Å². The third kappa shape index (κ3) is 10.5. The van der Waals surface area contributed by atoms with Gasteiger partial charge in [0.2, 0.25) is 0 Å². The molecule has 0 atom stereocenters. The van der Waals surface area contributed by atoms with Gasteiger partial charge in [0.25, 0.3) is 0 Å². The molecule has 2 N–H and O–H groups in total. The second-order valence-electron chi connectivity index (χ2n) is 1.72. The van der Waals surface area contributed by atoms with Crippen molar-refractivity contribution in [3.63, 3.8) is 0 Å². The van der Waals surface area contributed by atoms with E-state index in [2.05, 4.69) is 12.7 Å². The average molecular weight is 141 g/mol. The molecule has 1 nitrogen and oxygen atoms in total. The van der Waals surface area contributed by atoms with Crippen molar-refractivity contribution in [2.75, 3.05) is 6.54 Å². The highest BCUT2D eigenvalue weighted by Gasteiger charge is 1.74. The molecule has 0 bridgehead atoms. The van der Waals surface area contributed by atoms with E-state index in [1.807, 2.05) is 26.8 Å². The van der Waals surface area contributed by atoms with E-state index in [4.69, 9.17) is 5.73 Å². The van der Waals surface area contributed by atoms with Gasteiger partial charge in [-0.25, -0.2) is 0 Å². The van der Waals surface area contributed by atoms with E-state index in [1.54, 1.807) is 0 Å². The lowest BCUT2D eigenvalue weighted by Gasteiger charge is -1.83. The highest BCUT2D eigenvalue weighted by molar-refractivity contribution is 4.97. The fourth-order valence-electron chi connectivity index (χ4n) is 0.335. The van der Waals surface area contributed by atoms with Crippen LogP contribution in [0, 0.1) is 0 Å². The Morgan fingerprint density at radius 1 is 1.50 bits per heavy atom. The first-order valence-electron chi connectivity index (χ1n) is 3.92. The summed E-state index contributed by atoms with van der Waals surface area (Å²) >= 11 is 0. The third-order valence-corrected chi connectivity index (χ3v) is 0.997. The van der Waals surface area contributed by atoms with Gasteiger partial charge in [-0.15, -0.1) is 5.73 Å². The van der Waals surface area contributed by atoms with Crippen LogP contribution in [0.1, 0.15) is 34.1 Å². The molecule has 0 heterocycles. The second-order valence-corrected chi connectivity index (χ2v) is 1.72. The maximum Gasteiger partial charge on any atom is 0.0182 e. The highest BCUT2D eigenvalue weighted by Crippen LogP contribution is 1.92. The normalized spacial score (nSPS) is 6.90. The first-order chi connectivity index (χ1) is 4.81. The van der Waals surface area contributed by atoms with Crippen LogP contribution in [-0.2, 0) is 0 Å². The Hall–Kier alpha value is -0.520. The van der Waals surface area contributed by atoms with Crippen LogP contribution in [0.2, 0.25) is 0 Å². The van der Waals surface area contributed by atoms with Gasteiger partial charge < -0.3 is 5.73 Å². The second kappa shape index (κ2) is 11.3. The van der Waals surface area contributed by atoms with Crippen LogP contribution < -0.4 is 5.73 Å². The molecule has 60 valence electrons. The minimum absolute atomic E-state index is 0.595. The van der Waals surface area contributed by atoms with Crippen molar-refractivity contribution < 1.29 is 0 Å². The lowest BCUT2D eigenvalue weighted by molar-refractivity contribution is 1.10. The lowest BCUT2D eigenvalue weighted by Crippen LogP contribution is -1.91. The summed E-state index contributed by atoms with van der Waals surface area (Å²) in [6, 6.07) is 0. The Kier molecular flexibility index (Phi) is 13.8. The molecule has 0 amide bonds. The third-order valence-electron chi connectivity index (χ3n) is 0.997. The zero-order chi connectivity index (χ0) is 8.41. The van der Waals surface area contributed by atoms with Crippen molar-refractivity contribution in [1.29, 1.82) is 0 Å². The molecule has 10 heavy (non-hydrogen) atoms. The summed E-state index contributed by atoms with van der Waals surface area (Å²) in [6.45, 7) is 8.75. The molecular formula is C9H19N. The molecule has 1 heteroatoms. The summed E-state index contributed by atoms with van der Waals surface area (Å²) in [5.74, 6) is 0. The largest absolute Gasteiger partial charge is 0.326 e. The van der Waals surface area contributed by atoms with Crippen LogP contribution in [0.25, 0.3) is 0 Å². The maximum absolute atomic E-state index is 5.20. The standard InChI is InChI=1S/C7H13N.C2H6/c1-3-7(2)5-4-6-8;1-2/h4H,3,6,8H2,1-2H3;1-2H3. The molecule has 0 aromatic rings. The molecule has 0 aromatic heterocycles. The Balaban J connectivity index is 0. The predicted octanol–water partition coefficient (Wildman–Crippen LogP) is 2.48. The molecule has 0 fully saturated rings. The van der Waals surface area contributed by atoms with E-state index < -0.39 is 0 Å². The summed E-state index contributed by atoms with van der Waals surface area (Å²) in [4.78, 5) is 0. The topological polar surface area (TPSA) is 26.0 Å². The van der Waals surface area contributed by atoms with Gasteiger partial charge in [-0.2, -0.15) is 0 Å². The van der Waals surface area contributed by atoms with Crippen molar-refractivity contribution in [1.82, 2.24) is 0 Å². The van der Waals surface area contributed by atoms with E-state index in [9.17, 15) is 0 Å². The summed E-state index contributed by atoms with van der Waals surface area (Å²) < 4.78 is 0. The maximum atomic E-state index is 5.20. The van der Waals surface area contributed by atoms with Gasteiger partial charge in [-0.3, -0.25) is 0 Å². The summed E-state index contributed by atoms with van der Waals surface area (Å²) in [6.07, 6.45) is 2.91. The van der Waals surface area contributed by atoms with Crippen LogP contribution in [0.4, 0.5) is 0 Å². The van der Waals surface area contributed by atoms with E-state index in [0.717, 1.165) is 6.42 Å². The van der Waals surface area contributed by atoms with Crippen LogP contribution in [0.5, 0.6) is 0 Å². The average Bonchev–Trinajstić information content (AvgIpc) is 2.04. The predicted molar refractivity (Wildman–Crippen MR) is 48.0 cm³/mol. The minimum atomic E-state index is 0.595. The molecule has 0 rings (SSSR count). The Morgan fingerprint density at radius 2 is 2.00 bits per heavy atom. The Morgan fingerprint density at radius 3 is 2.30 bits per heavy atom. The molecule has 0 spiro atoms. The first kappa shape index (κ1) is 12.2. The van der Waals surface area contributed by atoms with Gasteiger partial charge in [0.15, 0.2) is 0 Å². The number of rotatable bonds is 2. The van der Waals surface area contributed by atoms with Crippen molar-refractivity contribution >= 4 is 0 Å². The zero-order valence-electron chi connectivity index (χ0n) is 7.57. The molecule has 0 saturated heterocycles. The van der Waals surface area contributed by atoms with Crippen LogP contribution >= 0.6 is 0 Å². The van der Waals surface area contributed by atoms with E-state index in [1.165, 1.54) is 5.57 Å². The smallest absolute Gasteiger partial charge is 0.0182 e. The SMILES string of the molecule is CC.CCC(C)=C=CCN. The van der Waals surface area contributed by atoms with Gasteiger partial charge >= 0.3 is 0 Å². The summed E-state index contributed by atoms with van der Waals surface area (Å²) in [7, 11) is 0. The van der Waals surface area contributed by atoms with Gasteiger partial charge in [0.1, 0.15) is 0 Å². The molecule has 0 aromatic carbocycles. The summed E-state index contributed by atoms with van der Waals surface area (Å²) in [5.41, 5.74) is 9.51. The molecule has 0 unspecified atom stereocenters. The van der Waals surface area contributed by atoms with E-state index in [0.29, 0.717) is 6.54 Å². The number of nitrogens with two attached hydrogens (primary N) is 1. The zero-order valence-corrected chi connectivity index (χ0v) is 7.57. The monoisotopic (exact) mass is 141 g/mol. The molecule has 0 aliphatic heterocycles. The fourth-order valence-corrected chi connectivity index (χ4v) is 0.335. The Labute approximate surface area is 64.6 Å². The summed E-state index contributed by atoms with van der Waals surface area (Å²) in [5, 5.41) is 0. The van der Waals surface area contributed by atoms with E-state index in [-0.39, 0.29) is 0 Å². The molecule has 0 aliphatic carbocycles. The van der Waals surface area contributed by atoms with Gasteiger partial charge in [-0.05, 0) is 25.0 Å². The van der Waals surface area contributed by atoms with Crippen molar-refractivity contribution in [2.45, 2.75) is 34.1 Å². The van der Waals surface area contributed by atoms with Crippen molar-refractivity contribution in [3.8, 4) is 0 Å². The fraction of sp³-hybridized carbons (Fsp3) is 0.667. The number of hydrogen-bond donors (Lipinski definition) is 1. The van der Waals surface area contributed by atoms with Gasteiger partial charge in [-0.1, -0.05) is 20.8 Å². The van der Waals surface area contributed by atoms with Crippen LogP contribution in [0.3, 0.4) is 0 Å². The van der Waals surface area contributed by atoms with Crippen molar-refractivity contribution in [3.05, 3.63) is 17.4 Å². The van der Waals surface area contributed by atoms with Crippen molar-refractivity contribution in [2.24, 2.45) is 5.73 Å². The number of hydrogen-bond acceptors (Lipinski definition) is 1. The molecule has 0 saturated carbocycles. The first-order valence-corrected chi connectivity index (χ1v) is 3.92. The highest BCUT2D eigenvalue weighted by atomic mass is 14.5. The van der Waals surface area contributed by atoms with Gasteiger partial charge in [0, 0.05) is 6.54 Å².